The first-order valence-corrected chi connectivity index (χ1v) is 9.36. The Morgan fingerprint density at radius 1 is 0.593 bits per heavy atom. The van der Waals surface area contributed by atoms with Crippen molar-refractivity contribution in [3.8, 4) is 0 Å². The van der Waals surface area contributed by atoms with Gasteiger partial charge in [0.25, 0.3) is 0 Å². The van der Waals surface area contributed by atoms with E-state index in [4.69, 9.17) is 0 Å². The first-order chi connectivity index (χ1) is 13.2. The Labute approximate surface area is 165 Å². The van der Waals surface area contributed by atoms with Gasteiger partial charge in [-0.1, -0.05) is 41.5 Å². The molecule has 0 aliphatic rings. The van der Waals surface area contributed by atoms with Crippen molar-refractivity contribution >= 4 is 0 Å². The van der Waals surface area contributed by atoms with Crippen LogP contribution in [0.25, 0.3) is 0 Å². The molecule has 0 radical (unpaired) electrons. The SMILES string of the molecule is CC.CC.CC.Cc1ccncn1.Cc1cncnc1.Cc1ncccn1. The molecule has 3 aromatic heterocycles. The molecule has 0 amide bonds. The Morgan fingerprint density at radius 3 is 1.33 bits per heavy atom. The van der Waals surface area contributed by atoms with Crippen molar-refractivity contribution in [1.82, 2.24) is 29.9 Å². The van der Waals surface area contributed by atoms with Crippen molar-refractivity contribution in [1.29, 1.82) is 0 Å². The number of hydrogen-bond donors (Lipinski definition) is 0. The normalized spacial score (nSPS) is 7.44. The minimum atomic E-state index is 0.822. The average molecular weight is 373 g/mol. The van der Waals surface area contributed by atoms with Crippen molar-refractivity contribution < 1.29 is 0 Å². The summed E-state index contributed by atoms with van der Waals surface area (Å²) in [4.78, 5) is 22.9. The Bertz CT molecular complexity index is 500. The van der Waals surface area contributed by atoms with E-state index in [9.17, 15) is 0 Å². The Hall–Kier alpha value is -2.76. The van der Waals surface area contributed by atoms with Gasteiger partial charge in [0.1, 0.15) is 18.5 Å². The zero-order valence-corrected chi connectivity index (χ0v) is 18.4. The van der Waals surface area contributed by atoms with Crippen LogP contribution in [0.3, 0.4) is 0 Å². The quantitative estimate of drug-likeness (QED) is 0.523. The molecule has 0 saturated carbocycles. The molecule has 6 heteroatoms. The zero-order chi connectivity index (χ0) is 21.3. The summed E-state index contributed by atoms with van der Waals surface area (Å²) in [5.74, 6) is 0.822. The Morgan fingerprint density at radius 2 is 1.11 bits per heavy atom. The van der Waals surface area contributed by atoms with E-state index >= 15 is 0 Å². The summed E-state index contributed by atoms with van der Waals surface area (Å²) >= 11 is 0. The number of aryl methyl sites for hydroxylation is 3. The first-order valence-electron chi connectivity index (χ1n) is 9.36. The lowest BCUT2D eigenvalue weighted by atomic mass is 10.4. The fourth-order valence-electron chi connectivity index (χ4n) is 1.10. The summed E-state index contributed by atoms with van der Waals surface area (Å²) in [6.07, 6.45) is 11.8. The summed E-state index contributed by atoms with van der Waals surface area (Å²) in [5, 5.41) is 0. The van der Waals surface area contributed by atoms with E-state index in [0.717, 1.165) is 17.1 Å². The van der Waals surface area contributed by atoms with Crippen molar-refractivity contribution in [3.05, 3.63) is 72.9 Å². The zero-order valence-electron chi connectivity index (χ0n) is 18.4. The molecule has 0 N–H and O–H groups in total. The van der Waals surface area contributed by atoms with Crippen LogP contribution in [0.5, 0.6) is 0 Å². The largest absolute Gasteiger partial charge is 0.245 e. The second kappa shape index (κ2) is 25.5. The third kappa shape index (κ3) is 23.2. The van der Waals surface area contributed by atoms with Gasteiger partial charge >= 0.3 is 0 Å². The molecule has 27 heavy (non-hydrogen) atoms. The van der Waals surface area contributed by atoms with Crippen LogP contribution in [0.1, 0.15) is 58.6 Å². The highest BCUT2D eigenvalue weighted by atomic mass is 14.8. The summed E-state index contributed by atoms with van der Waals surface area (Å²) < 4.78 is 0. The predicted octanol–water partition coefficient (Wildman–Crippen LogP) is 5.43. The molecular formula is C21H36N6. The van der Waals surface area contributed by atoms with Gasteiger partial charge in [0.15, 0.2) is 0 Å². The van der Waals surface area contributed by atoms with Gasteiger partial charge in [-0.05, 0) is 38.5 Å². The summed E-state index contributed by atoms with van der Waals surface area (Å²) in [6, 6.07) is 3.66. The molecule has 0 aromatic carbocycles. The van der Waals surface area contributed by atoms with Crippen molar-refractivity contribution in [2.75, 3.05) is 0 Å². The minimum absolute atomic E-state index is 0.822. The predicted molar refractivity (Wildman–Crippen MR) is 114 cm³/mol. The highest BCUT2D eigenvalue weighted by molar-refractivity contribution is 4.97. The monoisotopic (exact) mass is 372 g/mol. The van der Waals surface area contributed by atoms with Crippen LogP contribution in [0.2, 0.25) is 0 Å². The van der Waals surface area contributed by atoms with E-state index in [1.807, 2.05) is 68.4 Å². The van der Waals surface area contributed by atoms with Crippen molar-refractivity contribution in [3.63, 3.8) is 0 Å². The van der Waals surface area contributed by atoms with Gasteiger partial charge in [-0.15, -0.1) is 0 Å². The van der Waals surface area contributed by atoms with E-state index in [0.29, 0.717) is 0 Å². The van der Waals surface area contributed by atoms with E-state index in [2.05, 4.69) is 29.9 Å². The molecule has 0 atom stereocenters. The third-order valence-electron chi connectivity index (χ3n) is 2.11. The molecule has 150 valence electrons. The van der Waals surface area contributed by atoms with Gasteiger partial charge in [0, 0.05) is 36.7 Å². The molecule has 3 aromatic rings. The molecule has 0 spiro atoms. The molecule has 0 unspecified atom stereocenters. The van der Waals surface area contributed by atoms with Crippen LogP contribution in [-0.4, -0.2) is 29.9 Å². The number of hydrogen-bond acceptors (Lipinski definition) is 6. The second-order valence-corrected chi connectivity index (χ2v) is 4.06. The number of nitrogens with zero attached hydrogens (tertiary/aromatic N) is 6. The van der Waals surface area contributed by atoms with Crippen LogP contribution in [0.15, 0.2) is 55.8 Å². The van der Waals surface area contributed by atoms with Gasteiger partial charge in [-0.25, -0.2) is 29.9 Å². The smallest absolute Gasteiger partial charge is 0.125 e. The molecule has 0 aliphatic heterocycles. The van der Waals surface area contributed by atoms with Crippen LogP contribution in [0, 0.1) is 20.8 Å². The highest BCUT2D eigenvalue weighted by Crippen LogP contribution is 1.84. The maximum Gasteiger partial charge on any atom is 0.125 e. The molecule has 3 rings (SSSR count). The van der Waals surface area contributed by atoms with Crippen molar-refractivity contribution in [2.24, 2.45) is 0 Å². The molecule has 0 saturated heterocycles. The standard InChI is InChI=1S/3C5H6N2.3C2H6/c1-5-2-6-4-7-3-5;1-5-2-3-6-4-7-5;1-5-6-3-2-4-7-5;3*1-2/h3*2-4H,1H3;3*1-2H3. The Kier molecular flexibility index (Phi) is 27.4. The molecule has 6 nitrogen and oxygen atoms in total. The molecular weight excluding hydrogens is 336 g/mol. The molecule has 0 fully saturated rings. The van der Waals surface area contributed by atoms with Gasteiger partial charge in [-0.2, -0.15) is 0 Å². The van der Waals surface area contributed by atoms with E-state index in [-0.39, 0.29) is 0 Å². The van der Waals surface area contributed by atoms with Crippen LogP contribution in [0.4, 0.5) is 0 Å². The fourth-order valence-corrected chi connectivity index (χ4v) is 1.10. The summed E-state index contributed by atoms with van der Waals surface area (Å²) in [5.41, 5.74) is 2.11. The van der Waals surface area contributed by atoms with Crippen LogP contribution in [-0.2, 0) is 0 Å². The van der Waals surface area contributed by atoms with Crippen molar-refractivity contribution in [2.45, 2.75) is 62.3 Å². The lowest BCUT2D eigenvalue weighted by molar-refractivity contribution is 1.05. The van der Waals surface area contributed by atoms with Gasteiger partial charge in [0.05, 0.1) is 0 Å². The molecule has 0 aliphatic carbocycles. The minimum Gasteiger partial charge on any atom is -0.245 e. The second-order valence-electron chi connectivity index (χ2n) is 4.06. The maximum absolute atomic E-state index is 3.87. The average Bonchev–Trinajstić information content (AvgIpc) is 2.75. The number of aromatic nitrogens is 6. The fraction of sp³-hybridized carbons (Fsp3) is 0.429. The van der Waals surface area contributed by atoms with Gasteiger partial charge in [0.2, 0.25) is 0 Å². The maximum atomic E-state index is 3.87. The van der Waals surface area contributed by atoms with Gasteiger partial charge in [-0.3, -0.25) is 0 Å². The lowest BCUT2D eigenvalue weighted by Crippen LogP contribution is -1.80. The Balaban J connectivity index is -0.000000281. The summed E-state index contributed by atoms with van der Waals surface area (Å²) in [6.45, 7) is 17.8. The third-order valence-corrected chi connectivity index (χ3v) is 2.11. The summed E-state index contributed by atoms with van der Waals surface area (Å²) in [7, 11) is 0. The highest BCUT2D eigenvalue weighted by Gasteiger charge is 1.75. The molecule has 0 bridgehead atoms. The number of rotatable bonds is 0. The molecule has 3 heterocycles. The van der Waals surface area contributed by atoms with E-state index in [1.165, 1.54) is 12.7 Å². The van der Waals surface area contributed by atoms with Crippen LogP contribution >= 0.6 is 0 Å². The first kappa shape index (κ1) is 29.0. The van der Waals surface area contributed by atoms with Gasteiger partial charge < -0.3 is 0 Å². The van der Waals surface area contributed by atoms with E-state index < -0.39 is 0 Å². The van der Waals surface area contributed by atoms with E-state index in [1.54, 1.807) is 37.1 Å². The van der Waals surface area contributed by atoms with Crippen LogP contribution < -0.4 is 0 Å². The topological polar surface area (TPSA) is 77.3 Å². The lowest BCUT2D eigenvalue weighted by Gasteiger charge is -1.81.